The summed E-state index contributed by atoms with van der Waals surface area (Å²) in [5.41, 5.74) is 3.89. The Morgan fingerprint density at radius 2 is 2.08 bits per heavy atom. The molecule has 13 heavy (non-hydrogen) atoms. The van der Waals surface area contributed by atoms with E-state index in [4.69, 9.17) is 21.0 Å². The van der Waals surface area contributed by atoms with Gasteiger partial charge in [-0.2, -0.15) is 0 Å². The van der Waals surface area contributed by atoms with E-state index in [1.54, 1.807) is 0 Å². The van der Waals surface area contributed by atoms with Crippen LogP contribution in [0.1, 0.15) is 19.3 Å². The van der Waals surface area contributed by atoms with Crippen molar-refractivity contribution in [3.05, 3.63) is 0 Å². The maximum Gasteiger partial charge on any atom is 0.326 e. The average molecular weight is 189 g/mol. The Hall–Kier alpha value is -0.585. The van der Waals surface area contributed by atoms with Crippen LogP contribution in [0.2, 0.25) is 6.32 Å². The third kappa shape index (κ3) is 4.26. The Morgan fingerprint density at radius 1 is 1.46 bits per heavy atom. The number of aliphatic carboxylic acids is 1. The molecule has 5 N–H and O–H groups in total. The van der Waals surface area contributed by atoms with Crippen LogP contribution >= 0.6 is 0 Å². The largest absolute Gasteiger partial charge is 0.480 e. The third-order valence-electron chi connectivity index (χ3n) is 1.99. The molecule has 0 radical (unpaired) electrons. The molecule has 0 aliphatic rings. The van der Waals surface area contributed by atoms with Crippen LogP contribution in [0.5, 0.6) is 0 Å². The molecular weight excluding hydrogens is 173 g/mol. The predicted molar refractivity (Wildman–Crippen MR) is 49.7 cm³/mol. The first-order chi connectivity index (χ1) is 6.06. The molecule has 0 spiro atoms. The van der Waals surface area contributed by atoms with Crippen molar-refractivity contribution in [2.75, 3.05) is 6.61 Å². The van der Waals surface area contributed by atoms with Crippen LogP contribution in [0, 0.1) is 0 Å². The molecule has 0 saturated heterocycles. The number of rotatable bonds is 7. The molecule has 6 heteroatoms. The lowest BCUT2D eigenvalue weighted by atomic mass is 9.88. The number of aliphatic hydroxyl groups excluding tert-OH is 1. The van der Waals surface area contributed by atoms with Crippen LogP contribution in [0.3, 0.4) is 0 Å². The number of carboxylic acid groups (broad SMARTS) is 1. The van der Waals surface area contributed by atoms with Gasteiger partial charge in [-0.05, 0) is 6.42 Å². The van der Waals surface area contributed by atoms with Crippen LogP contribution in [-0.2, 0) is 4.79 Å². The number of hydrogen-bond donors (Lipinski definition) is 4. The molecule has 5 nitrogen and oxygen atoms in total. The van der Waals surface area contributed by atoms with Gasteiger partial charge in [0, 0.05) is 0 Å². The standard InChI is InChI=1S/C7H16BNO4/c9-7(5-10,6(11)12)3-1-2-4-8-13/h8,10,13H,1-5,9H2,(H,11,12). The van der Waals surface area contributed by atoms with Gasteiger partial charge < -0.3 is 21.0 Å². The monoisotopic (exact) mass is 189 g/mol. The molecule has 76 valence electrons. The van der Waals surface area contributed by atoms with Crippen molar-refractivity contribution >= 4 is 13.5 Å². The molecule has 0 saturated carbocycles. The van der Waals surface area contributed by atoms with Gasteiger partial charge in [-0.1, -0.05) is 19.2 Å². The quantitative estimate of drug-likeness (QED) is 0.294. The number of aliphatic hydroxyl groups is 1. The highest BCUT2D eigenvalue weighted by Crippen LogP contribution is 2.12. The Kier molecular flexibility index (Phi) is 5.69. The van der Waals surface area contributed by atoms with Crippen molar-refractivity contribution in [2.45, 2.75) is 31.1 Å². The molecule has 0 amide bonds. The zero-order chi connectivity index (χ0) is 10.3. The Balaban J connectivity index is 3.78. The summed E-state index contributed by atoms with van der Waals surface area (Å²) < 4.78 is 0. The second-order valence-corrected chi connectivity index (χ2v) is 3.15. The summed E-state index contributed by atoms with van der Waals surface area (Å²) in [6, 6.07) is 0. The first-order valence-corrected chi connectivity index (χ1v) is 4.31. The SMILES string of the molecule is NC(CO)(CCCCBO)C(=O)O. The van der Waals surface area contributed by atoms with E-state index in [0.29, 0.717) is 12.7 Å². The van der Waals surface area contributed by atoms with Crippen molar-refractivity contribution in [1.82, 2.24) is 0 Å². The molecule has 0 heterocycles. The van der Waals surface area contributed by atoms with E-state index in [1.165, 1.54) is 0 Å². The summed E-state index contributed by atoms with van der Waals surface area (Å²) in [5.74, 6) is -1.18. The van der Waals surface area contributed by atoms with E-state index in [-0.39, 0.29) is 13.9 Å². The average Bonchev–Trinajstić information content (AvgIpc) is 2.12. The number of nitrogens with two attached hydrogens (primary N) is 1. The summed E-state index contributed by atoms with van der Waals surface area (Å²) in [6.07, 6.45) is 2.20. The second kappa shape index (κ2) is 5.96. The number of hydrogen-bond acceptors (Lipinski definition) is 4. The fourth-order valence-electron chi connectivity index (χ4n) is 0.983. The third-order valence-corrected chi connectivity index (χ3v) is 1.99. The normalized spacial score (nSPS) is 15.0. The fourth-order valence-corrected chi connectivity index (χ4v) is 0.983. The lowest BCUT2D eigenvalue weighted by Gasteiger charge is -2.21. The van der Waals surface area contributed by atoms with E-state index in [2.05, 4.69) is 0 Å². The maximum absolute atomic E-state index is 10.6. The summed E-state index contributed by atoms with van der Waals surface area (Å²) >= 11 is 0. The zero-order valence-corrected chi connectivity index (χ0v) is 7.57. The highest BCUT2D eigenvalue weighted by atomic mass is 16.4. The van der Waals surface area contributed by atoms with Gasteiger partial charge in [0.25, 0.3) is 7.48 Å². The summed E-state index contributed by atoms with van der Waals surface area (Å²) in [6.45, 7) is -0.554. The molecule has 0 aromatic carbocycles. The molecule has 1 unspecified atom stereocenters. The minimum absolute atomic E-state index is 0.101. The predicted octanol–water partition coefficient (Wildman–Crippen LogP) is -1.31. The van der Waals surface area contributed by atoms with Gasteiger partial charge >= 0.3 is 5.97 Å². The van der Waals surface area contributed by atoms with E-state index >= 15 is 0 Å². The molecule has 0 fully saturated rings. The molecule has 0 rings (SSSR count). The Morgan fingerprint density at radius 3 is 2.46 bits per heavy atom. The van der Waals surface area contributed by atoms with Crippen LogP contribution in [0.4, 0.5) is 0 Å². The van der Waals surface area contributed by atoms with E-state index < -0.39 is 18.1 Å². The second-order valence-electron chi connectivity index (χ2n) is 3.15. The number of carboxylic acids is 1. The van der Waals surface area contributed by atoms with Crippen molar-refractivity contribution in [3.63, 3.8) is 0 Å². The van der Waals surface area contributed by atoms with E-state index in [1.807, 2.05) is 0 Å². The van der Waals surface area contributed by atoms with Crippen molar-refractivity contribution < 1.29 is 20.0 Å². The van der Waals surface area contributed by atoms with Gasteiger partial charge in [-0.3, -0.25) is 4.79 Å². The molecule has 0 aliphatic heterocycles. The minimum Gasteiger partial charge on any atom is -0.480 e. The van der Waals surface area contributed by atoms with Gasteiger partial charge in [0.2, 0.25) is 0 Å². The van der Waals surface area contributed by atoms with Crippen LogP contribution in [0.15, 0.2) is 0 Å². The zero-order valence-electron chi connectivity index (χ0n) is 7.57. The smallest absolute Gasteiger partial charge is 0.326 e. The molecule has 0 aromatic heterocycles. The van der Waals surface area contributed by atoms with Gasteiger partial charge in [-0.15, -0.1) is 0 Å². The van der Waals surface area contributed by atoms with E-state index in [0.717, 1.165) is 6.42 Å². The fraction of sp³-hybridized carbons (Fsp3) is 0.857. The highest BCUT2D eigenvalue weighted by molar-refractivity contribution is 6.25. The Bertz CT molecular complexity index is 167. The molecule has 0 bridgehead atoms. The maximum atomic E-state index is 10.6. The van der Waals surface area contributed by atoms with Gasteiger partial charge in [-0.25, -0.2) is 0 Å². The van der Waals surface area contributed by atoms with Crippen LogP contribution in [0.25, 0.3) is 0 Å². The lowest BCUT2D eigenvalue weighted by molar-refractivity contribution is -0.145. The van der Waals surface area contributed by atoms with Gasteiger partial charge in [0.15, 0.2) is 0 Å². The Labute approximate surface area is 77.8 Å². The van der Waals surface area contributed by atoms with Crippen LogP contribution in [-0.4, -0.2) is 40.8 Å². The summed E-state index contributed by atoms with van der Waals surface area (Å²) in [7, 11) is 0.101. The number of unbranched alkanes of at least 4 members (excludes halogenated alkanes) is 1. The minimum atomic E-state index is -1.52. The molecule has 1 atom stereocenters. The van der Waals surface area contributed by atoms with Crippen LogP contribution < -0.4 is 5.73 Å². The molecular formula is C7H16BNO4. The van der Waals surface area contributed by atoms with Gasteiger partial charge in [0.05, 0.1) is 6.61 Å². The van der Waals surface area contributed by atoms with Gasteiger partial charge in [0.1, 0.15) is 5.54 Å². The van der Waals surface area contributed by atoms with Crippen molar-refractivity contribution in [3.8, 4) is 0 Å². The summed E-state index contributed by atoms with van der Waals surface area (Å²) in [4.78, 5) is 10.6. The molecule has 0 aliphatic carbocycles. The number of carbonyl (C=O) groups is 1. The lowest BCUT2D eigenvalue weighted by Crippen LogP contribution is -2.51. The van der Waals surface area contributed by atoms with E-state index in [9.17, 15) is 4.79 Å². The topological polar surface area (TPSA) is 104 Å². The summed E-state index contributed by atoms with van der Waals surface area (Å²) in [5, 5.41) is 25.9. The van der Waals surface area contributed by atoms with Crippen molar-refractivity contribution in [2.24, 2.45) is 5.73 Å². The molecule has 0 aromatic rings. The first kappa shape index (κ1) is 12.4. The first-order valence-electron chi connectivity index (χ1n) is 4.31. The van der Waals surface area contributed by atoms with Crippen molar-refractivity contribution in [1.29, 1.82) is 0 Å². The highest BCUT2D eigenvalue weighted by Gasteiger charge is 2.32.